The average Bonchev–Trinajstić information content (AvgIpc) is 3.01. The number of ether oxygens (including phenoxy) is 1. The molecule has 0 aliphatic heterocycles. The molecule has 0 unspecified atom stereocenters. The van der Waals surface area contributed by atoms with Gasteiger partial charge in [0.05, 0.1) is 13.3 Å². The minimum Gasteiger partial charge on any atom is -0.497 e. The summed E-state index contributed by atoms with van der Waals surface area (Å²) in [5.41, 5.74) is 1.56. The van der Waals surface area contributed by atoms with Crippen LogP contribution in [0.15, 0.2) is 58.7 Å². The number of hydrogen-bond acceptors (Lipinski definition) is 4. The lowest BCUT2D eigenvalue weighted by molar-refractivity contribution is 0.415. The van der Waals surface area contributed by atoms with Gasteiger partial charge in [-0.15, -0.1) is 0 Å². The predicted octanol–water partition coefficient (Wildman–Crippen LogP) is 2.91. The van der Waals surface area contributed by atoms with Gasteiger partial charge in [-0.3, -0.25) is 4.79 Å². The van der Waals surface area contributed by atoms with E-state index in [1.54, 1.807) is 31.4 Å². The Labute approximate surface area is 141 Å². The fourth-order valence-electron chi connectivity index (χ4n) is 2.64. The van der Waals surface area contributed by atoms with Crippen molar-refractivity contribution in [1.29, 1.82) is 0 Å². The zero-order chi connectivity index (χ0) is 17.4. The fourth-order valence-corrected chi connectivity index (χ4v) is 2.64. The standard InChI is InChI=1S/C18H13FN4O2/c1-25-12-6-7-15-13(8-12)16-17(22-15)18(24)23(10-20-16)21-9-11-4-2-3-5-14(11)19/h2-10,22H,1H3/b21-9-. The number of H-pyrrole nitrogens is 1. The molecule has 0 bridgehead atoms. The minimum absolute atomic E-state index is 0.288. The molecular formula is C18H13FN4O2. The molecule has 4 aromatic rings. The summed E-state index contributed by atoms with van der Waals surface area (Å²) in [6.45, 7) is 0. The minimum atomic E-state index is -0.411. The van der Waals surface area contributed by atoms with Gasteiger partial charge in [-0.25, -0.2) is 9.37 Å². The molecule has 25 heavy (non-hydrogen) atoms. The normalized spacial score (nSPS) is 11.6. The van der Waals surface area contributed by atoms with Gasteiger partial charge in [0.2, 0.25) is 0 Å². The van der Waals surface area contributed by atoms with Gasteiger partial charge in [0.15, 0.2) is 0 Å². The second-order valence-corrected chi connectivity index (χ2v) is 5.42. The number of fused-ring (bicyclic) bond motifs is 3. The lowest BCUT2D eigenvalue weighted by Crippen LogP contribution is -2.17. The molecule has 0 amide bonds. The van der Waals surface area contributed by atoms with Gasteiger partial charge in [-0.1, -0.05) is 18.2 Å². The number of methoxy groups -OCH3 is 1. The van der Waals surface area contributed by atoms with Crippen molar-refractivity contribution in [2.24, 2.45) is 5.10 Å². The fraction of sp³-hybridized carbons (Fsp3) is 0.0556. The molecule has 124 valence electrons. The maximum absolute atomic E-state index is 13.6. The summed E-state index contributed by atoms with van der Waals surface area (Å²) in [5, 5.41) is 4.81. The highest BCUT2D eigenvalue weighted by Crippen LogP contribution is 2.25. The first kappa shape index (κ1) is 15.1. The predicted molar refractivity (Wildman–Crippen MR) is 93.8 cm³/mol. The van der Waals surface area contributed by atoms with Crippen LogP contribution in [0.1, 0.15) is 5.56 Å². The summed E-state index contributed by atoms with van der Waals surface area (Å²) in [5.74, 6) is 0.267. The van der Waals surface area contributed by atoms with Crippen molar-refractivity contribution in [2.75, 3.05) is 7.11 Å². The van der Waals surface area contributed by atoms with Crippen LogP contribution in [0.4, 0.5) is 4.39 Å². The van der Waals surface area contributed by atoms with Crippen LogP contribution in [0, 0.1) is 5.82 Å². The van der Waals surface area contributed by atoms with Crippen LogP contribution >= 0.6 is 0 Å². The number of hydrogen-bond donors (Lipinski definition) is 1. The van der Waals surface area contributed by atoms with E-state index < -0.39 is 5.82 Å². The van der Waals surface area contributed by atoms with Crippen LogP contribution < -0.4 is 10.3 Å². The Morgan fingerprint density at radius 3 is 2.92 bits per heavy atom. The van der Waals surface area contributed by atoms with Crippen molar-refractivity contribution < 1.29 is 9.13 Å². The zero-order valence-electron chi connectivity index (χ0n) is 13.2. The van der Waals surface area contributed by atoms with Crippen molar-refractivity contribution in [2.45, 2.75) is 0 Å². The molecule has 1 N–H and O–H groups in total. The van der Waals surface area contributed by atoms with Gasteiger partial charge in [-0.2, -0.15) is 9.78 Å². The zero-order valence-corrected chi connectivity index (χ0v) is 13.2. The van der Waals surface area contributed by atoms with Crippen molar-refractivity contribution in [3.05, 3.63) is 70.5 Å². The smallest absolute Gasteiger partial charge is 0.298 e. The summed E-state index contributed by atoms with van der Waals surface area (Å²) in [6.07, 6.45) is 2.60. The monoisotopic (exact) mass is 336 g/mol. The Bertz CT molecular complexity index is 1180. The molecule has 0 saturated heterocycles. The van der Waals surface area contributed by atoms with Crippen molar-refractivity contribution >= 4 is 28.2 Å². The average molecular weight is 336 g/mol. The highest BCUT2D eigenvalue weighted by molar-refractivity contribution is 6.04. The van der Waals surface area contributed by atoms with Gasteiger partial charge in [0, 0.05) is 16.5 Å². The van der Waals surface area contributed by atoms with Crippen molar-refractivity contribution in [1.82, 2.24) is 14.6 Å². The molecule has 0 aliphatic rings. The third-order valence-corrected chi connectivity index (χ3v) is 3.92. The Hall–Kier alpha value is -3.48. The lowest BCUT2D eigenvalue weighted by Gasteiger charge is -1.99. The number of nitrogens with one attached hydrogen (secondary N) is 1. The number of halogens is 1. The molecule has 0 fully saturated rings. The molecule has 0 radical (unpaired) electrons. The second-order valence-electron chi connectivity index (χ2n) is 5.42. The van der Waals surface area contributed by atoms with Gasteiger partial charge in [0.25, 0.3) is 5.56 Å². The number of benzene rings is 2. The highest BCUT2D eigenvalue weighted by atomic mass is 19.1. The van der Waals surface area contributed by atoms with E-state index in [0.29, 0.717) is 16.8 Å². The molecule has 6 nitrogen and oxygen atoms in total. The molecule has 2 aromatic heterocycles. The third kappa shape index (κ3) is 2.55. The van der Waals surface area contributed by atoms with E-state index in [2.05, 4.69) is 15.1 Å². The molecular weight excluding hydrogens is 323 g/mol. The Kier molecular flexibility index (Phi) is 3.53. The topological polar surface area (TPSA) is 72.3 Å². The molecule has 0 spiro atoms. The molecule has 0 saturated carbocycles. The van der Waals surface area contributed by atoms with Gasteiger partial charge in [-0.05, 0) is 24.3 Å². The molecule has 4 rings (SSSR count). The van der Waals surface area contributed by atoms with Crippen molar-refractivity contribution in [3.63, 3.8) is 0 Å². The molecule has 0 atom stereocenters. The van der Waals surface area contributed by atoms with Crippen LogP contribution in [0.25, 0.3) is 21.9 Å². The number of aromatic nitrogens is 3. The van der Waals surface area contributed by atoms with E-state index >= 15 is 0 Å². The summed E-state index contributed by atoms with van der Waals surface area (Å²) in [6, 6.07) is 11.6. The Morgan fingerprint density at radius 2 is 2.12 bits per heavy atom. The first-order chi connectivity index (χ1) is 12.2. The number of nitrogens with zero attached hydrogens (tertiary/aromatic N) is 3. The molecule has 2 aromatic carbocycles. The van der Waals surface area contributed by atoms with Gasteiger partial charge < -0.3 is 9.72 Å². The molecule has 7 heteroatoms. The summed E-state index contributed by atoms with van der Waals surface area (Å²) in [4.78, 5) is 20.0. The van der Waals surface area contributed by atoms with Crippen molar-refractivity contribution in [3.8, 4) is 5.75 Å². The second kappa shape index (κ2) is 5.86. The van der Waals surface area contributed by atoms with E-state index in [9.17, 15) is 9.18 Å². The molecule has 2 heterocycles. The van der Waals surface area contributed by atoms with Gasteiger partial charge in [0.1, 0.15) is 28.9 Å². The van der Waals surface area contributed by atoms with Crippen LogP contribution in [0.3, 0.4) is 0 Å². The van der Waals surface area contributed by atoms with E-state index in [1.165, 1.54) is 18.6 Å². The first-order valence-electron chi connectivity index (χ1n) is 7.53. The van der Waals surface area contributed by atoms with E-state index in [0.717, 1.165) is 15.6 Å². The van der Waals surface area contributed by atoms with Crippen LogP contribution in [-0.2, 0) is 0 Å². The maximum Gasteiger partial charge on any atom is 0.298 e. The summed E-state index contributed by atoms with van der Waals surface area (Å²) >= 11 is 0. The van der Waals surface area contributed by atoms with E-state index in [-0.39, 0.29) is 11.1 Å². The Balaban J connectivity index is 1.84. The quantitative estimate of drug-likeness (QED) is 0.585. The number of rotatable bonds is 3. The molecule has 0 aliphatic carbocycles. The van der Waals surface area contributed by atoms with Crippen LogP contribution in [-0.4, -0.2) is 28.0 Å². The maximum atomic E-state index is 13.6. The third-order valence-electron chi connectivity index (χ3n) is 3.92. The SMILES string of the molecule is COc1ccc2[nH]c3c(=O)n(/N=C\c4ccccc4F)cnc3c2c1. The van der Waals surface area contributed by atoms with E-state index in [4.69, 9.17) is 4.74 Å². The van der Waals surface area contributed by atoms with Gasteiger partial charge >= 0.3 is 0 Å². The highest BCUT2D eigenvalue weighted by Gasteiger charge is 2.11. The first-order valence-corrected chi connectivity index (χ1v) is 7.53. The Morgan fingerprint density at radius 1 is 1.28 bits per heavy atom. The van der Waals surface area contributed by atoms with Crippen LogP contribution in [0.2, 0.25) is 0 Å². The van der Waals surface area contributed by atoms with Crippen LogP contribution in [0.5, 0.6) is 5.75 Å². The number of aromatic amines is 1. The summed E-state index contributed by atoms with van der Waals surface area (Å²) in [7, 11) is 1.58. The summed E-state index contributed by atoms with van der Waals surface area (Å²) < 4.78 is 19.9. The largest absolute Gasteiger partial charge is 0.497 e. The lowest BCUT2D eigenvalue weighted by atomic mass is 10.2. The van der Waals surface area contributed by atoms with E-state index in [1.807, 2.05) is 12.1 Å².